The largest absolute Gasteiger partial charge is 0.507 e. The summed E-state index contributed by atoms with van der Waals surface area (Å²) in [4.78, 5) is 17.6. The van der Waals surface area contributed by atoms with Gasteiger partial charge >= 0.3 is 5.97 Å². The normalized spacial score (nSPS) is 11.9. The predicted molar refractivity (Wildman–Crippen MR) is 240 cm³/mol. The number of carbonyl (C=O) groups is 1. The zero-order chi connectivity index (χ0) is 41.2. The maximum absolute atomic E-state index is 13.1. The Balaban J connectivity index is 1.23. The van der Waals surface area contributed by atoms with Crippen molar-refractivity contribution in [2.24, 2.45) is 0 Å². The van der Waals surface area contributed by atoms with Gasteiger partial charge in [0, 0.05) is 74.3 Å². The zero-order valence-corrected chi connectivity index (χ0v) is 35.4. The van der Waals surface area contributed by atoms with Gasteiger partial charge in [0.25, 0.3) is 0 Å². The van der Waals surface area contributed by atoms with E-state index in [4.69, 9.17) is 4.74 Å². The Kier molecular flexibility index (Phi) is 14.0. The highest BCUT2D eigenvalue weighted by Gasteiger charge is 2.29. The van der Waals surface area contributed by atoms with Crippen LogP contribution in [0.5, 0.6) is 5.75 Å². The smallest absolute Gasteiger partial charge is 0.306 e. The molecule has 5 aromatic rings. The van der Waals surface area contributed by atoms with Gasteiger partial charge in [-0.05, 0) is 114 Å². The van der Waals surface area contributed by atoms with Crippen molar-refractivity contribution in [3.63, 3.8) is 0 Å². The summed E-state index contributed by atoms with van der Waals surface area (Å²) in [6.45, 7) is 17.0. The SMILES string of the molecule is CN(CC(C)(CN(C)c1ccc(Nc2ccccc2)cc1)NCCOC(=O)CCc1cc(C(C)(C)C)c(O)c(C(C)(C)C)c1)c1ccc(Nc2ccccc2)cc1. The van der Waals surface area contributed by atoms with E-state index < -0.39 is 0 Å². The minimum atomic E-state index is -0.378. The van der Waals surface area contributed by atoms with Crippen molar-refractivity contribution in [3.8, 4) is 5.75 Å². The number of nitrogens with one attached hydrogen (secondary N) is 3. The molecule has 0 unspecified atom stereocenters. The molecular formula is C49H63N5O3. The van der Waals surface area contributed by atoms with Gasteiger partial charge in [0.2, 0.25) is 0 Å². The molecule has 0 heterocycles. The maximum Gasteiger partial charge on any atom is 0.306 e. The van der Waals surface area contributed by atoms with Gasteiger partial charge in [0.05, 0.1) is 5.54 Å². The van der Waals surface area contributed by atoms with E-state index in [1.807, 2.05) is 48.5 Å². The van der Waals surface area contributed by atoms with E-state index in [1.54, 1.807) is 0 Å². The molecule has 8 nitrogen and oxygen atoms in total. The number of hydrogen-bond acceptors (Lipinski definition) is 8. The van der Waals surface area contributed by atoms with E-state index in [0.717, 1.165) is 50.8 Å². The Morgan fingerprint density at radius 2 is 1.02 bits per heavy atom. The molecule has 0 saturated heterocycles. The fraction of sp³-hybridized carbons (Fsp3) is 0.367. The Labute approximate surface area is 341 Å². The van der Waals surface area contributed by atoms with Gasteiger partial charge < -0.3 is 35.6 Å². The lowest BCUT2D eigenvalue weighted by Gasteiger charge is -2.39. The molecule has 0 spiro atoms. The number of benzene rings is 5. The number of esters is 1. The number of carbonyl (C=O) groups excluding carboxylic acids is 1. The minimum absolute atomic E-state index is 0.229. The second kappa shape index (κ2) is 18.6. The summed E-state index contributed by atoms with van der Waals surface area (Å²) in [5.74, 6) is 0.115. The van der Waals surface area contributed by atoms with Crippen molar-refractivity contribution < 1.29 is 14.6 Å². The maximum atomic E-state index is 13.1. The summed E-state index contributed by atoms with van der Waals surface area (Å²) >= 11 is 0. The molecule has 0 radical (unpaired) electrons. The number of rotatable bonds is 17. The number of anilines is 6. The number of nitrogens with zero attached hydrogens (tertiary/aromatic N) is 2. The van der Waals surface area contributed by atoms with Gasteiger partial charge in [-0.25, -0.2) is 0 Å². The van der Waals surface area contributed by atoms with Gasteiger partial charge in [-0.15, -0.1) is 0 Å². The molecule has 57 heavy (non-hydrogen) atoms. The lowest BCUT2D eigenvalue weighted by molar-refractivity contribution is -0.143. The lowest BCUT2D eigenvalue weighted by atomic mass is 9.78. The Hall–Kier alpha value is -5.47. The van der Waals surface area contributed by atoms with Crippen molar-refractivity contribution in [1.82, 2.24) is 5.32 Å². The minimum Gasteiger partial charge on any atom is -0.507 e. The fourth-order valence-corrected chi connectivity index (χ4v) is 7.18. The molecule has 8 heteroatoms. The highest BCUT2D eigenvalue weighted by molar-refractivity contribution is 5.70. The number of aryl methyl sites for hydroxylation is 1. The summed E-state index contributed by atoms with van der Waals surface area (Å²) in [7, 11) is 4.23. The molecular weight excluding hydrogens is 707 g/mol. The molecule has 0 atom stereocenters. The molecule has 0 amide bonds. The number of hydrogen-bond donors (Lipinski definition) is 4. The first-order valence-electron chi connectivity index (χ1n) is 20.0. The van der Waals surface area contributed by atoms with Crippen LogP contribution in [-0.2, 0) is 26.8 Å². The van der Waals surface area contributed by atoms with Crippen molar-refractivity contribution in [2.75, 3.05) is 60.8 Å². The Morgan fingerprint density at radius 1 is 0.614 bits per heavy atom. The summed E-state index contributed by atoms with van der Waals surface area (Å²) in [5, 5.41) is 21.8. The number of para-hydroxylation sites is 2. The summed E-state index contributed by atoms with van der Waals surface area (Å²) < 4.78 is 5.79. The summed E-state index contributed by atoms with van der Waals surface area (Å²) in [6.07, 6.45) is 0.816. The number of likely N-dealkylation sites (N-methyl/N-ethyl adjacent to an activating group) is 2. The third kappa shape index (κ3) is 12.5. The zero-order valence-electron chi connectivity index (χ0n) is 35.4. The van der Waals surface area contributed by atoms with Gasteiger partial charge in [0.15, 0.2) is 0 Å². The number of ether oxygens (including phenoxy) is 1. The summed E-state index contributed by atoms with van der Waals surface area (Å²) in [6, 6.07) is 41.4. The molecule has 5 aromatic carbocycles. The first-order valence-corrected chi connectivity index (χ1v) is 20.0. The number of aromatic hydroxyl groups is 1. The molecule has 0 aromatic heterocycles. The van der Waals surface area contributed by atoms with Crippen LogP contribution in [0.2, 0.25) is 0 Å². The predicted octanol–water partition coefficient (Wildman–Crippen LogP) is 10.6. The lowest BCUT2D eigenvalue weighted by Crippen LogP contribution is -2.57. The van der Waals surface area contributed by atoms with Crippen molar-refractivity contribution in [3.05, 3.63) is 138 Å². The quantitative estimate of drug-likeness (QED) is 0.0549. The van der Waals surface area contributed by atoms with Gasteiger partial charge in [0.1, 0.15) is 12.4 Å². The molecule has 0 fully saturated rings. The van der Waals surface area contributed by atoms with Crippen LogP contribution in [0.3, 0.4) is 0 Å². The third-order valence-corrected chi connectivity index (χ3v) is 10.2. The average molecular weight is 770 g/mol. The van der Waals surface area contributed by atoms with Crippen LogP contribution in [0.1, 0.15) is 71.6 Å². The number of phenolic OH excluding ortho intramolecular Hbond substituents is 1. The second-order valence-electron chi connectivity index (χ2n) is 17.5. The highest BCUT2D eigenvalue weighted by Crippen LogP contribution is 2.40. The molecule has 0 saturated carbocycles. The van der Waals surface area contributed by atoms with E-state index in [2.05, 4.69) is 161 Å². The van der Waals surface area contributed by atoms with Crippen molar-refractivity contribution in [2.45, 2.75) is 77.7 Å². The summed E-state index contributed by atoms with van der Waals surface area (Å²) in [5.41, 5.74) is 8.35. The van der Waals surface area contributed by atoms with E-state index in [-0.39, 0.29) is 35.4 Å². The molecule has 5 rings (SSSR count). The molecule has 0 aliphatic carbocycles. The first kappa shape index (κ1) is 42.7. The van der Waals surface area contributed by atoms with Crippen LogP contribution in [0, 0.1) is 0 Å². The molecule has 0 aliphatic rings. The molecule has 302 valence electrons. The Bertz CT molecular complexity index is 1890. The highest BCUT2D eigenvalue weighted by atomic mass is 16.5. The van der Waals surface area contributed by atoms with Gasteiger partial charge in [-0.3, -0.25) is 4.79 Å². The third-order valence-electron chi connectivity index (χ3n) is 10.2. The van der Waals surface area contributed by atoms with E-state index >= 15 is 0 Å². The second-order valence-corrected chi connectivity index (χ2v) is 17.5. The average Bonchev–Trinajstić information content (AvgIpc) is 3.16. The van der Waals surface area contributed by atoms with E-state index in [9.17, 15) is 9.90 Å². The van der Waals surface area contributed by atoms with E-state index in [1.165, 1.54) is 0 Å². The van der Waals surface area contributed by atoms with Crippen molar-refractivity contribution in [1.29, 1.82) is 0 Å². The Morgan fingerprint density at radius 3 is 1.42 bits per heavy atom. The van der Waals surface area contributed by atoms with Crippen LogP contribution < -0.4 is 25.8 Å². The van der Waals surface area contributed by atoms with Crippen LogP contribution in [0.4, 0.5) is 34.1 Å². The van der Waals surface area contributed by atoms with Gasteiger partial charge in [-0.1, -0.05) is 90.1 Å². The van der Waals surface area contributed by atoms with Crippen LogP contribution in [-0.4, -0.2) is 57.0 Å². The molecule has 4 N–H and O–H groups in total. The van der Waals surface area contributed by atoms with Crippen molar-refractivity contribution >= 4 is 40.1 Å². The standard InChI is InChI=1S/C49H63N5O3/c1-47(2,3)43-32-36(33-44(46(43)56)48(4,5)6)20-29-45(55)57-31-30-50-49(7,34-53(8)41-25-21-39(22-26-41)51-37-16-12-10-13-17-37)35-54(9)42-27-23-40(24-28-42)52-38-18-14-11-15-19-38/h10-19,21-28,32-33,50-52,56H,20,29-31,34-35H2,1-9H3. The monoisotopic (exact) mass is 769 g/mol. The molecule has 0 aliphatic heterocycles. The van der Waals surface area contributed by atoms with Crippen LogP contribution >= 0.6 is 0 Å². The topological polar surface area (TPSA) is 89.1 Å². The van der Waals surface area contributed by atoms with Crippen LogP contribution in [0.25, 0.3) is 0 Å². The van der Waals surface area contributed by atoms with E-state index in [0.29, 0.717) is 31.8 Å². The number of phenols is 1. The fourth-order valence-electron chi connectivity index (χ4n) is 7.18. The van der Waals surface area contributed by atoms with Crippen LogP contribution in [0.15, 0.2) is 121 Å². The van der Waals surface area contributed by atoms with Gasteiger partial charge in [-0.2, -0.15) is 0 Å². The first-order chi connectivity index (χ1) is 27.0. The molecule has 0 bridgehead atoms.